The second kappa shape index (κ2) is 9.38. The summed E-state index contributed by atoms with van der Waals surface area (Å²) >= 11 is 0. The van der Waals surface area contributed by atoms with Crippen molar-refractivity contribution >= 4 is 21.8 Å². The van der Waals surface area contributed by atoms with Crippen molar-refractivity contribution in [3.05, 3.63) is 65.2 Å². The Morgan fingerprint density at radius 2 is 1.85 bits per heavy atom. The van der Waals surface area contributed by atoms with Crippen LogP contribution in [0.1, 0.15) is 29.5 Å². The number of amidine groups is 1. The van der Waals surface area contributed by atoms with Crippen molar-refractivity contribution in [3.8, 4) is 0 Å². The molecule has 0 aromatic heterocycles. The van der Waals surface area contributed by atoms with Gasteiger partial charge < -0.3 is 10.2 Å². The molecule has 2 aliphatic rings. The third-order valence-corrected chi connectivity index (χ3v) is 7.29. The van der Waals surface area contributed by atoms with Gasteiger partial charge in [-0.25, -0.2) is 0 Å². The van der Waals surface area contributed by atoms with Gasteiger partial charge in [0.05, 0.1) is 12.1 Å². The summed E-state index contributed by atoms with van der Waals surface area (Å²) in [6.07, 6.45) is -3.02. The first kappa shape index (κ1) is 24.2. The standard InChI is InChI=1S/C23H25F3N4O3S/c1-29(22-19-7-2-3-8-20(19)34(32,33)28-22)15-21(31)27-18-9-11-30(12-10-18)14-16-5-4-6-17(13-16)23(24,25)26/h2-8,13,18H,9-12,14-15H2,1H3,(H,27,31). The molecule has 4 rings (SSSR count). The molecular formula is C23H25F3N4O3S. The van der Waals surface area contributed by atoms with Gasteiger partial charge in [0, 0.05) is 38.3 Å². The van der Waals surface area contributed by atoms with E-state index in [2.05, 4.69) is 14.6 Å². The van der Waals surface area contributed by atoms with Gasteiger partial charge in [-0.15, -0.1) is 4.40 Å². The predicted octanol–water partition coefficient (Wildman–Crippen LogP) is 2.87. The lowest BCUT2D eigenvalue weighted by Crippen LogP contribution is -2.47. The van der Waals surface area contributed by atoms with Crippen molar-refractivity contribution in [2.45, 2.75) is 36.5 Å². The molecule has 7 nitrogen and oxygen atoms in total. The molecule has 2 heterocycles. The van der Waals surface area contributed by atoms with Gasteiger partial charge in [0.2, 0.25) is 5.91 Å². The molecule has 0 aliphatic carbocycles. The van der Waals surface area contributed by atoms with Crippen molar-refractivity contribution in [3.63, 3.8) is 0 Å². The normalized spacial score (nSPS) is 18.3. The molecule has 0 saturated carbocycles. The van der Waals surface area contributed by atoms with Crippen LogP contribution in [0.15, 0.2) is 57.8 Å². The summed E-state index contributed by atoms with van der Waals surface area (Å²) in [6, 6.07) is 11.8. The number of hydrogen-bond acceptors (Lipinski definition) is 5. The molecule has 0 bridgehead atoms. The van der Waals surface area contributed by atoms with E-state index in [1.54, 1.807) is 31.3 Å². The summed E-state index contributed by atoms with van der Waals surface area (Å²) in [5.74, 6) is -0.00929. The van der Waals surface area contributed by atoms with Crippen LogP contribution in [0.3, 0.4) is 0 Å². The lowest BCUT2D eigenvalue weighted by atomic mass is 10.0. The molecule has 34 heavy (non-hydrogen) atoms. The number of piperidine rings is 1. The summed E-state index contributed by atoms with van der Waals surface area (Å²) in [5.41, 5.74) is 0.422. The second-order valence-electron chi connectivity index (χ2n) is 8.56. The van der Waals surface area contributed by atoms with Gasteiger partial charge in [-0.3, -0.25) is 9.69 Å². The van der Waals surface area contributed by atoms with E-state index in [4.69, 9.17) is 0 Å². The van der Waals surface area contributed by atoms with E-state index < -0.39 is 21.8 Å². The summed E-state index contributed by atoms with van der Waals surface area (Å²) in [6.45, 7) is 1.67. The number of sulfonamides is 1. The maximum Gasteiger partial charge on any atom is 0.416 e. The Kier molecular flexibility index (Phi) is 6.68. The van der Waals surface area contributed by atoms with Crippen LogP contribution in [0.2, 0.25) is 0 Å². The van der Waals surface area contributed by atoms with E-state index in [1.807, 2.05) is 0 Å². The number of likely N-dealkylation sites (tertiary alicyclic amines) is 1. The van der Waals surface area contributed by atoms with Gasteiger partial charge in [-0.05, 0) is 36.6 Å². The van der Waals surface area contributed by atoms with E-state index in [-0.39, 0.29) is 29.2 Å². The number of nitrogens with one attached hydrogen (secondary N) is 1. The number of nitrogens with zero attached hydrogens (tertiary/aromatic N) is 3. The van der Waals surface area contributed by atoms with E-state index >= 15 is 0 Å². The number of fused-ring (bicyclic) bond motifs is 1. The van der Waals surface area contributed by atoms with Gasteiger partial charge >= 0.3 is 6.18 Å². The fraction of sp³-hybridized carbons (Fsp3) is 0.391. The number of rotatable bonds is 5. The van der Waals surface area contributed by atoms with Crippen LogP contribution >= 0.6 is 0 Å². The zero-order chi connectivity index (χ0) is 24.5. The van der Waals surface area contributed by atoms with Crippen molar-refractivity contribution in [2.75, 3.05) is 26.7 Å². The molecule has 11 heteroatoms. The molecule has 0 radical (unpaired) electrons. The molecule has 0 atom stereocenters. The first-order valence-electron chi connectivity index (χ1n) is 10.9. The van der Waals surface area contributed by atoms with Gasteiger partial charge in [-0.2, -0.15) is 21.6 Å². The van der Waals surface area contributed by atoms with Crippen LogP contribution in [0.5, 0.6) is 0 Å². The first-order valence-corrected chi connectivity index (χ1v) is 12.3. The summed E-state index contributed by atoms with van der Waals surface area (Å²) < 4.78 is 67.0. The van der Waals surface area contributed by atoms with Gasteiger partial charge in [-0.1, -0.05) is 30.3 Å². The Morgan fingerprint density at radius 1 is 1.15 bits per heavy atom. The minimum atomic E-state index is -4.36. The highest BCUT2D eigenvalue weighted by Crippen LogP contribution is 2.30. The topological polar surface area (TPSA) is 82.1 Å². The Hall–Kier alpha value is -2.92. The molecule has 2 aliphatic heterocycles. The average molecular weight is 495 g/mol. The molecule has 1 amide bonds. The average Bonchev–Trinajstić information content (AvgIpc) is 3.06. The summed E-state index contributed by atoms with van der Waals surface area (Å²) in [4.78, 5) is 16.3. The predicted molar refractivity (Wildman–Crippen MR) is 121 cm³/mol. The quantitative estimate of drug-likeness (QED) is 0.692. The minimum absolute atomic E-state index is 0.0485. The third kappa shape index (κ3) is 5.41. The van der Waals surface area contributed by atoms with Crippen molar-refractivity contribution in [2.24, 2.45) is 4.40 Å². The Morgan fingerprint density at radius 3 is 2.56 bits per heavy atom. The monoisotopic (exact) mass is 494 g/mol. The Labute approximate surface area is 196 Å². The van der Waals surface area contributed by atoms with Crippen molar-refractivity contribution in [1.29, 1.82) is 0 Å². The maximum atomic E-state index is 12.9. The third-order valence-electron chi connectivity index (χ3n) is 5.97. The maximum absolute atomic E-state index is 12.9. The molecule has 0 spiro atoms. The fourth-order valence-corrected chi connectivity index (χ4v) is 5.52. The summed E-state index contributed by atoms with van der Waals surface area (Å²) in [7, 11) is -2.14. The SMILES string of the molecule is CN(CC(=O)NC1CCN(Cc2cccc(C(F)(F)F)c2)CC1)C1=NS(=O)(=O)c2ccccc21. The number of alkyl halides is 3. The highest BCUT2D eigenvalue weighted by molar-refractivity contribution is 7.90. The zero-order valence-corrected chi connectivity index (χ0v) is 19.4. The Bertz CT molecular complexity index is 1210. The zero-order valence-electron chi connectivity index (χ0n) is 18.5. The molecule has 1 fully saturated rings. The number of carbonyl (C=O) groups is 1. The molecule has 1 saturated heterocycles. The molecular weight excluding hydrogens is 469 g/mol. The number of halogens is 3. The molecule has 0 unspecified atom stereocenters. The summed E-state index contributed by atoms with van der Waals surface area (Å²) in [5, 5.41) is 2.97. The van der Waals surface area contributed by atoms with Crippen molar-refractivity contribution in [1.82, 2.24) is 15.1 Å². The van der Waals surface area contributed by atoms with Crippen LogP contribution in [-0.2, 0) is 27.5 Å². The Balaban J connectivity index is 1.28. The highest BCUT2D eigenvalue weighted by Gasteiger charge is 2.32. The smallest absolute Gasteiger partial charge is 0.352 e. The molecule has 2 aromatic carbocycles. The largest absolute Gasteiger partial charge is 0.416 e. The number of benzene rings is 2. The van der Waals surface area contributed by atoms with E-state index in [9.17, 15) is 26.4 Å². The van der Waals surface area contributed by atoms with Crippen molar-refractivity contribution < 1.29 is 26.4 Å². The molecule has 1 N–H and O–H groups in total. The van der Waals surface area contributed by atoms with Gasteiger partial charge in [0.15, 0.2) is 5.84 Å². The van der Waals surface area contributed by atoms with Crippen LogP contribution in [0.25, 0.3) is 0 Å². The minimum Gasteiger partial charge on any atom is -0.352 e. The van der Waals surface area contributed by atoms with Crippen LogP contribution in [-0.4, -0.2) is 62.7 Å². The first-order chi connectivity index (χ1) is 16.0. The highest BCUT2D eigenvalue weighted by atomic mass is 32.2. The van der Waals surface area contributed by atoms with Crippen LogP contribution in [0, 0.1) is 0 Å². The fourth-order valence-electron chi connectivity index (χ4n) is 4.27. The lowest BCUT2D eigenvalue weighted by Gasteiger charge is -2.33. The second-order valence-corrected chi connectivity index (χ2v) is 10.1. The molecule has 2 aromatic rings. The van der Waals surface area contributed by atoms with Gasteiger partial charge in [0.1, 0.15) is 4.90 Å². The van der Waals surface area contributed by atoms with E-state index in [0.717, 1.165) is 6.07 Å². The van der Waals surface area contributed by atoms with Crippen LogP contribution in [0.4, 0.5) is 13.2 Å². The number of amides is 1. The number of likely N-dealkylation sites (N-methyl/N-ethyl adjacent to an activating group) is 1. The number of hydrogen-bond donors (Lipinski definition) is 1. The van der Waals surface area contributed by atoms with E-state index in [0.29, 0.717) is 43.6 Å². The molecule has 182 valence electrons. The van der Waals surface area contributed by atoms with E-state index in [1.165, 1.54) is 23.1 Å². The van der Waals surface area contributed by atoms with Gasteiger partial charge in [0.25, 0.3) is 10.0 Å². The number of carbonyl (C=O) groups excluding carboxylic acids is 1. The lowest BCUT2D eigenvalue weighted by molar-refractivity contribution is -0.137. The van der Waals surface area contributed by atoms with Crippen LogP contribution < -0.4 is 5.32 Å².